The molecule has 14 heavy (non-hydrogen) atoms. The van der Waals surface area contributed by atoms with Gasteiger partial charge in [0.2, 0.25) is 0 Å². The smallest absolute Gasteiger partial charge is 0.303 e. The van der Waals surface area contributed by atoms with Gasteiger partial charge in [-0.05, 0) is 39.0 Å². The van der Waals surface area contributed by atoms with Crippen LogP contribution >= 0.6 is 0 Å². The molecule has 0 aliphatic heterocycles. The van der Waals surface area contributed by atoms with Gasteiger partial charge < -0.3 is 4.74 Å². The van der Waals surface area contributed by atoms with Crippen LogP contribution in [0.2, 0.25) is 0 Å². The maximum absolute atomic E-state index is 10.9. The summed E-state index contributed by atoms with van der Waals surface area (Å²) in [6.07, 6.45) is 5.67. The average molecular weight is 194 g/mol. The van der Waals surface area contributed by atoms with Crippen molar-refractivity contribution in [1.29, 1.82) is 0 Å². The van der Waals surface area contributed by atoms with E-state index in [2.05, 4.69) is 19.9 Å². The lowest BCUT2D eigenvalue weighted by Crippen LogP contribution is -2.20. The molecule has 0 amide bonds. The van der Waals surface area contributed by atoms with Crippen LogP contribution in [-0.2, 0) is 9.53 Å². The Bertz CT molecular complexity index is 283. The third kappa shape index (κ3) is 1.84. The van der Waals surface area contributed by atoms with Gasteiger partial charge in [-0.1, -0.05) is 11.6 Å². The maximum Gasteiger partial charge on any atom is 0.303 e. The van der Waals surface area contributed by atoms with Gasteiger partial charge in [-0.25, -0.2) is 0 Å². The van der Waals surface area contributed by atoms with Crippen molar-refractivity contribution in [3.63, 3.8) is 0 Å². The highest BCUT2D eigenvalue weighted by molar-refractivity contribution is 5.67. The lowest BCUT2D eigenvalue weighted by molar-refractivity contribution is -0.149. The SMILES string of the molecule is CC(=O)OC1(C2CC2C=C(C)C)CC1. The molecule has 2 aliphatic rings. The van der Waals surface area contributed by atoms with Crippen LogP contribution in [-0.4, -0.2) is 11.6 Å². The number of ether oxygens (including phenoxy) is 1. The van der Waals surface area contributed by atoms with Crippen molar-refractivity contribution in [2.24, 2.45) is 11.8 Å². The van der Waals surface area contributed by atoms with Crippen LogP contribution in [0.5, 0.6) is 0 Å². The van der Waals surface area contributed by atoms with E-state index in [-0.39, 0.29) is 11.6 Å². The molecule has 0 aromatic carbocycles. The fourth-order valence-corrected chi connectivity index (χ4v) is 2.39. The van der Waals surface area contributed by atoms with Gasteiger partial charge >= 0.3 is 5.97 Å². The number of hydrogen-bond acceptors (Lipinski definition) is 2. The van der Waals surface area contributed by atoms with Crippen molar-refractivity contribution < 1.29 is 9.53 Å². The Kier molecular flexibility index (Phi) is 2.17. The van der Waals surface area contributed by atoms with Crippen LogP contribution < -0.4 is 0 Å². The van der Waals surface area contributed by atoms with E-state index in [0.29, 0.717) is 11.8 Å². The van der Waals surface area contributed by atoms with Gasteiger partial charge in [0.25, 0.3) is 0 Å². The molecule has 0 radical (unpaired) electrons. The minimum absolute atomic E-state index is 0.0531. The molecule has 2 aliphatic carbocycles. The summed E-state index contributed by atoms with van der Waals surface area (Å²) in [4.78, 5) is 10.9. The van der Waals surface area contributed by atoms with Crippen molar-refractivity contribution in [2.45, 2.75) is 45.6 Å². The Morgan fingerprint density at radius 1 is 1.36 bits per heavy atom. The lowest BCUT2D eigenvalue weighted by atomic mass is 10.1. The van der Waals surface area contributed by atoms with Crippen LogP contribution in [0.15, 0.2) is 11.6 Å². The summed E-state index contributed by atoms with van der Waals surface area (Å²) in [5.74, 6) is 1.16. The predicted molar refractivity (Wildman–Crippen MR) is 54.8 cm³/mol. The first-order chi connectivity index (χ1) is 6.53. The molecule has 0 aromatic heterocycles. The van der Waals surface area contributed by atoms with Crippen molar-refractivity contribution in [3.05, 3.63) is 11.6 Å². The van der Waals surface area contributed by atoms with E-state index >= 15 is 0 Å². The Labute approximate surface area is 85.3 Å². The normalized spacial score (nSPS) is 31.9. The van der Waals surface area contributed by atoms with Crippen LogP contribution in [0.1, 0.15) is 40.0 Å². The van der Waals surface area contributed by atoms with E-state index in [1.807, 2.05) is 0 Å². The number of carbonyl (C=O) groups is 1. The number of allylic oxidation sites excluding steroid dienone is 2. The van der Waals surface area contributed by atoms with Gasteiger partial charge in [-0.2, -0.15) is 0 Å². The third-order valence-electron chi connectivity index (χ3n) is 3.15. The molecule has 2 rings (SSSR count). The first-order valence-electron chi connectivity index (χ1n) is 5.38. The molecule has 2 nitrogen and oxygen atoms in total. The first-order valence-corrected chi connectivity index (χ1v) is 5.38. The first kappa shape index (κ1) is 9.75. The molecule has 0 bridgehead atoms. The molecule has 2 saturated carbocycles. The van der Waals surface area contributed by atoms with Gasteiger partial charge in [0.15, 0.2) is 0 Å². The maximum atomic E-state index is 10.9. The number of rotatable bonds is 3. The summed E-state index contributed by atoms with van der Waals surface area (Å²) in [6, 6.07) is 0. The van der Waals surface area contributed by atoms with Crippen LogP contribution in [0.25, 0.3) is 0 Å². The molecule has 0 spiro atoms. The molecule has 2 fully saturated rings. The summed E-state index contributed by atoms with van der Waals surface area (Å²) in [7, 11) is 0. The highest BCUT2D eigenvalue weighted by Gasteiger charge is 2.61. The van der Waals surface area contributed by atoms with Crippen LogP contribution in [0.3, 0.4) is 0 Å². The molecule has 0 heterocycles. The fourth-order valence-electron chi connectivity index (χ4n) is 2.39. The average Bonchev–Trinajstić information content (AvgIpc) is 2.83. The van der Waals surface area contributed by atoms with E-state index in [4.69, 9.17) is 4.74 Å². The van der Waals surface area contributed by atoms with E-state index in [1.54, 1.807) is 0 Å². The lowest BCUT2D eigenvalue weighted by Gasteiger charge is -2.14. The number of esters is 1. The van der Waals surface area contributed by atoms with E-state index in [0.717, 1.165) is 12.8 Å². The fraction of sp³-hybridized carbons (Fsp3) is 0.750. The number of carbonyl (C=O) groups excluding carboxylic acids is 1. The standard InChI is InChI=1S/C12H18O2/c1-8(2)6-10-7-11(10)12(4-5-12)14-9(3)13/h6,10-11H,4-5,7H2,1-3H3. The van der Waals surface area contributed by atoms with Gasteiger partial charge in [-0.15, -0.1) is 0 Å². The predicted octanol–water partition coefficient (Wildman–Crippen LogP) is 2.68. The van der Waals surface area contributed by atoms with Gasteiger partial charge in [0.1, 0.15) is 5.60 Å². The summed E-state index contributed by atoms with van der Waals surface area (Å²) < 4.78 is 5.42. The molecule has 0 N–H and O–H groups in total. The minimum atomic E-state index is -0.120. The van der Waals surface area contributed by atoms with E-state index in [1.165, 1.54) is 18.9 Å². The Balaban J connectivity index is 1.93. The molecule has 78 valence electrons. The van der Waals surface area contributed by atoms with E-state index in [9.17, 15) is 4.79 Å². The van der Waals surface area contributed by atoms with Gasteiger partial charge in [0, 0.05) is 12.8 Å². The van der Waals surface area contributed by atoms with Crippen LogP contribution in [0, 0.1) is 11.8 Å². The Morgan fingerprint density at radius 2 is 2.00 bits per heavy atom. The summed E-state index contributed by atoms with van der Waals surface area (Å²) in [5.41, 5.74) is 1.32. The molecule has 2 heteroatoms. The van der Waals surface area contributed by atoms with Crippen molar-refractivity contribution in [3.8, 4) is 0 Å². The highest BCUT2D eigenvalue weighted by Crippen LogP contribution is 2.60. The molecule has 0 aromatic rings. The molecule has 2 atom stereocenters. The minimum Gasteiger partial charge on any atom is -0.459 e. The third-order valence-corrected chi connectivity index (χ3v) is 3.15. The second kappa shape index (κ2) is 3.11. The molecular formula is C12H18O2. The zero-order chi connectivity index (χ0) is 10.3. The zero-order valence-electron chi connectivity index (χ0n) is 9.17. The molecule has 0 saturated heterocycles. The van der Waals surface area contributed by atoms with Crippen molar-refractivity contribution in [2.75, 3.05) is 0 Å². The second-order valence-corrected chi connectivity index (χ2v) is 4.91. The summed E-state index contributed by atoms with van der Waals surface area (Å²) >= 11 is 0. The topological polar surface area (TPSA) is 26.3 Å². The largest absolute Gasteiger partial charge is 0.459 e. The van der Waals surface area contributed by atoms with Gasteiger partial charge in [-0.3, -0.25) is 4.79 Å². The highest BCUT2D eigenvalue weighted by atomic mass is 16.6. The Morgan fingerprint density at radius 3 is 2.43 bits per heavy atom. The Hall–Kier alpha value is -0.790. The number of hydrogen-bond donors (Lipinski definition) is 0. The van der Waals surface area contributed by atoms with E-state index < -0.39 is 0 Å². The monoisotopic (exact) mass is 194 g/mol. The second-order valence-electron chi connectivity index (χ2n) is 4.91. The van der Waals surface area contributed by atoms with Crippen molar-refractivity contribution in [1.82, 2.24) is 0 Å². The molecule has 2 unspecified atom stereocenters. The molecular weight excluding hydrogens is 176 g/mol. The van der Waals surface area contributed by atoms with Gasteiger partial charge in [0.05, 0.1) is 0 Å². The summed E-state index contributed by atoms with van der Waals surface area (Å²) in [5, 5.41) is 0. The van der Waals surface area contributed by atoms with Crippen molar-refractivity contribution >= 4 is 5.97 Å². The van der Waals surface area contributed by atoms with Crippen LogP contribution in [0.4, 0.5) is 0 Å². The summed E-state index contributed by atoms with van der Waals surface area (Å²) in [6.45, 7) is 5.76. The quantitative estimate of drug-likeness (QED) is 0.510. The zero-order valence-corrected chi connectivity index (χ0v) is 9.17.